The fourth-order valence-corrected chi connectivity index (χ4v) is 3.30. The molecule has 0 fully saturated rings. The van der Waals surface area contributed by atoms with E-state index in [1.54, 1.807) is 42.5 Å². The van der Waals surface area contributed by atoms with Gasteiger partial charge in [-0.1, -0.05) is 6.07 Å². The van der Waals surface area contributed by atoms with Gasteiger partial charge < -0.3 is 35.6 Å². The lowest BCUT2D eigenvalue weighted by Gasteiger charge is -2.32. The van der Waals surface area contributed by atoms with Gasteiger partial charge in [0.15, 0.2) is 0 Å². The SMILES string of the molecule is CC(C)(Nc1ccc(Oc2ccc(C(N)=O)cn2)cc1)[C@H](O)COc1cccc2[nH]c(=O)[nH]c12. The van der Waals surface area contributed by atoms with E-state index in [0.29, 0.717) is 34.0 Å². The molecule has 0 saturated heterocycles. The molecule has 34 heavy (non-hydrogen) atoms. The van der Waals surface area contributed by atoms with Gasteiger partial charge in [0.2, 0.25) is 11.8 Å². The van der Waals surface area contributed by atoms with Crippen molar-refractivity contribution in [2.45, 2.75) is 25.5 Å². The number of aromatic amines is 2. The lowest BCUT2D eigenvalue weighted by atomic mass is 9.97. The molecule has 0 saturated carbocycles. The van der Waals surface area contributed by atoms with E-state index in [4.69, 9.17) is 15.2 Å². The van der Waals surface area contributed by atoms with E-state index in [1.807, 2.05) is 26.0 Å². The third-order valence-electron chi connectivity index (χ3n) is 5.31. The van der Waals surface area contributed by atoms with Crippen LogP contribution < -0.4 is 26.2 Å². The number of nitrogens with zero attached hydrogens (tertiary/aromatic N) is 1. The number of benzene rings is 2. The van der Waals surface area contributed by atoms with E-state index >= 15 is 0 Å². The number of carbonyl (C=O) groups excluding carboxylic acids is 1. The number of hydrogen-bond acceptors (Lipinski definition) is 7. The minimum Gasteiger partial charge on any atom is -0.489 e. The molecule has 0 aliphatic rings. The first-order chi connectivity index (χ1) is 16.2. The zero-order valence-corrected chi connectivity index (χ0v) is 18.7. The van der Waals surface area contributed by atoms with Crippen molar-refractivity contribution in [2.75, 3.05) is 11.9 Å². The van der Waals surface area contributed by atoms with Gasteiger partial charge >= 0.3 is 5.69 Å². The Labute approximate surface area is 194 Å². The third-order valence-corrected chi connectivity index (χ3v) is 5.31. The van der Waals surface area contributed by atoms with Crippen LogP contribution in [0.5, 0.6) is 17.4 Å². The second-order valence-electron chi connectivity index (χ2n) is 8.31. The summed E-state index contributed by atoms with van der Waals surface area (Å²) in [6.45, 7) is 3.73. The van der Waals surface area contributed by atoms with Gasteiger partial charge in [0, 0.05) is 18.0 Å². The Balaban J connectivity index is 1.36. The second-order valence-corrected chi connectivity index (χ2v) is 8.31. The molecule has 176 valence electrons. The van der Waals surface area contributed by atoms with Gasteiger partial charge in [0.1, 0.15) is 29.7 Å². The highest BCUT2D eigenvalue weighted by atomic mass is 16.5. The molecule has 0 unspecified atom stereocenters. The Kier molecular flexibility index (Phi) is 6.24. The molecular formula is C24H25N5O5. The highest BCUT2D eigenvalue weighted by Gasteiger charge is 2.28. The number of nitrogens with one attached hydrogen (secondary N) is 3. The number of ether oxygens (including phenoxy) is 2. The molecule has 4 rings (SSSR count). The van der Waals surface area contributed by atoms with E-state index in [2.05, 4.69) is 20.3 Å². The number of rotatable bonds is 9. The van der Waals surface area contributed by atoms with Gasteiger partial charge in [-0.15, -0.1) is 0 Å². The zero-order chi connectivity index (χ0) is 24.3. The number of pyridine rings is 1. The Hall–Kier alpha value is -4.31. The molecule has 0 aliphatic carbocycles. The highest BCUT2D eigenvalue weighted by molar-refractivity contribution is 5.92. The number of anilines is 1. The maximum Gasteiger partial charge on any atom is 0.323 e. The standard InChI is InChI=1S/C24H25N5O5/c1-24(2,19(30)13-33-18-5-3-4-17-21(18)28-23(32)27-17)29-15-7-9-16(10-8-15)34-20-11-6-14(12-26-20)22(25)31/h3-12,19,29-30H,13H2,1-2H3,(H2,25,31)(H2,27,28,32)/t19-/m1/s1. The first kappa shape index (κ1) is 22.9. The van der Waals surface area contributed by atoms with Crippen LogP contribution in [-0.2, 0) is 0 Å². The largest absolute Gasteiger partial charge is 0.489 e. The van der Waals surface area contributed by atoms with Crippen molar-refractivity contribution in [3.8, 4) is 17.4 Å². The molecule has 1 atom stereocenters. The molecule has 0 spiro atoms. The number of fused-ring (bicyclic) bond motifs is 1. The van der Waals surface area contributed by atoms with Crippen LogP contribution in [0.4, 0.5) is 5.69 Å². The van der Waals surface area contributed by atoms with Crippen molar-refractivity contribution in [3.63, 3.8) is 0 Å². The Morgan fingerprint density at radius 3 is 2.59 bits per heavy atom. The molecule has 0 aliphatic heterocycles. The van der Waals surface area contributed by atoms with Crippen LogP contribution in [0.15, 0.2) is 65.6 Å². The fourth-order valence-electron chi connectivity index (χ4n) is 3.30. The maximum absolute atomic E-state index is 11.6. The van der Waals surface area contributed by atoms with E-state index in [0.717, 1.165) is 5.69 Å². The van der Waals surface area contributed by atoms with Crippen LogP contribution in [0, 0.1) is 0 Å². The van der Waals surface area contributed by atoms with Gasteiger partial charge in [-0.2, -0.15) is 0 Å². The number of para-hydroxylation sites is 1. The monoisotopic (exact) mass is 463 g/mol. The summed E-state index contributed by atoms with van der Waals surface area (Å²) >= 11 is 0. The van der Waals surface area contributed by atoms with Crippen molar-refractivity contribution in [1.29, 1.82) is 0 Å². The molecule has 2 heterocycles. The lowest BCUT2D eigenvalue weighted by Crippen LogP contribution is -2.46. The Morgan fingerprint density at radius 1 is 1.15 bits per heavy atom. The molecule has 10 heteroatoms. The third kappa shape index (κ3) is 5.18. The first-order valence-electron chi connectivity index (χ1n) is 10.5. The number of amides is 1. The molecule has 2 aromatic carbocycles. The second kappa shape index (κ2) is 9.28. The fraction of sp³-hybridized carbons (Fsp3) is 0.208. The van der Waals surface area contributed by atoms with E-state index < -0.39 is 17.6 Å². The van der Waals surface area contributed by atoms with Crippen molar-refractivity contribution in [1.82, 2.24) is 15.0 Å². The molecule has 4 aromatic rings. The summed E-state index contributed by atoms with van der Waals surface area (Å²) in [5.41, 5.74) is 6.42. The molecule has 2 aromatic heterocycles. The average Bonchev–Trinajstić information content (AvgIpc) is 3.19. The van der Waals surface area contributed by atoms with Crippen LogP contribution >= 0.6 is 0 Å². The predicted molar refractivity (Wildman–Crippen MR) is 127 cm³/mol. The van der Waals surface area contributed by atoms with E-state index in [-0.39, 0.29) is 12.3 Å². The first-order valence-corrected chi connectivity index (χ1v) is 10.5. The average molecular weight is 463 g/mol. The highest BCUT2D eigenvalue weighted by Crippen LogP contribution is 2.26. The summed E-state index contributed by atoms with van der Waals surface area (Å²) in [7, 11) is 0. The van der Waals surface area contributed by atoms with Crippen molar-refractivity contribution in [3.05, 3.63) is 76.8 Å². The predicted octanol–water partition coefficient (Wildman–Crippen LogP) is 2.77. The van der Waals surface area contributed by atoms with Gasteiger partial charge in [-0.3, -0.25) is 4.79 Å². The van der Waals surface area contributed by atoms with Gasteiger partial charge in [0.05, 0.1) is 16.6 Å². The minimum absolute atomic E-state index is 0.0144. The quantitative estimate of drug-likeness (QED) is 0.256. The van der Waals surface area contributed by atoms with Crippen LogP contribution in [-0.4, -0.2) is 44.2 Å². The van der Waals surface area contributed by atoms with Gasteiger partial charge in [0.25, 0.3) is 0 Å². The summed E-state index contributed by atoms with van der Waals surface area (Å²) in [5.74, 6) is 0.809. The van der Waals surface area contributed by atoms with Crippen LogP contribution in [0.2, 0.25) is 0 Å². The Morgan fingerprint density at radius 2 is 1.91 bits per heavy atom. The smallest absolute Gasteiger partial charge is 0.323 e. The maximum atomic E-state index is 11.6. The summed E-state index contributed by atoms with van der Waals surface area (Å²) in [4.78, 5) is 32.1. The number of carbonyl (C=O) groups is 1. The van der Waals surface area contributed by atoms with E-state index in [9.17, 15) is 14.7 Å². The van der Waals surface area contributed by atoms with Crippen molar-refractivity contribution in [2.24, 2.45) is 5.73 Å². The number of hydrogen-bond donors (Lipinski definition) is 5. The lowest BCUT2D eigenvalue weighted by molar-refractivity contribution is 0.0631. The number of aliphatic hydroxyl groups is 1. The number of imidazole rings is 1. The molecule has 0 radical (unpaired) electrons. The summed E-state index contributed by atoms with van der Waals surface area (Å²) < 4.78 is 11.5. The number of nitrogens with two attached hydrogens (primary N) is 1. The summed E-state index contributed by atoms with van der Waals surface area (Å²) in [6, 6.07) is 15.5. The minimum atomic E-state index is -0.864. The molecule has 10 nitrogen and oxygen atoms in total. The Bertz CT molecular complexity index is 1340. The molecule has 1 amide bonds. The zero-order valence-electron chi connectivity index (χ0n) is 18.7. The van der Waals surface area contributed by atoms with Crippen molar-refractivity contribution >= 4 is 22.6 Å². The molecular weight excluding hydrogens is 438 g/mol. The summed E-state index contributed by atoms with van der Waals surface area (Å²) in [6.07, 6.45) is 0.491. The number of primary amides is 1. The molecule has 6 N–H and O–H groups in total. The normalized spacial score (nSPS) is 12.3. The van der Waals surface area contributed by atoms with Crippen molar-refractivity contribution < 1.29 is 19.4 Å². The van der Waals surface area contributed by atoms with Crippen LogP contribution in [0.1, 0.15) is 24.2 Å². The van der Waals surface area contributed by atoms with Crippen LogP contribution in [0.3, 0.4) is 0 Å². The van der Waals surface area contributed by atoms with E-state index in [1.165, 1.54) is 6.20 Å². The number of H-pyrrole nitrogens is 2. The van der Waals surface area contributed by atoms with Gasteiger partial charge in [-0.05, 0) is 56.3 Å². The van der Waals surface area contributed by atoms with Gasteiger partial charge in [-0.25, -0.2) is 9.78 Å². The number of aliphatic hydroxyl groups excluding tert-OH is 1. The number of aromatic nitrogens is 3. The molecule has 0 bridgehead atoms. The van der Waals surface area contributed by atoms with Crippen LogP contribution in [0.25, 0.3) is 11.0 Å². The summed E-state index contributed by atoms with van der Waals surface area (Å²) in [5, 5.41) is 14.0. The topological polar surface area (TPSA) is 155 Å².